The minimum absolute atomic E-state index is 0.175. The summed E-state index contributed by atoms with van der Waals surface area (Å²) in [7, 11) is 1.82. The molecule has 2 aromatic rings. The van der Waals surface area contributed by atoms with Gasteiger partial charge in [0.05, 0.1) is 0 Å². The number of ether oxygens (including phenoxy) is 1. The van der Waals surface area contributed by atoms with E-state index < -0.39 is 5.60 Å². The van der Waals surface area contributed by atoms with Gasteiger partial charge in [0.25, 0.3) is 0 Å². The molecule has 1 heterocycles. The van der Waals surface area contributed by atoms with E-state index in [0.29, 0.717) is 0 Å². The fraction of sp³-hybridized carbons (Fsp3) is 0.450. The van der Waals surface area contributed by atoms with Crippen LogP contribution in [0.25, 0.3) is 16.5 Å². The number of nitrogens with one attached hydrogen (secondary N) is 1. The number of hydrogen-bond donors (Lipinski definition) is 2. The summed E-state index contributed by atoms with van der Waals surface area (Å²) in [5, 5.41) is 1.16. The molecule has 25 heavy (non-hydrogen) atoms. The van der Waals surface area contributed by atoms with Gasteiger partial charge in [0.2, 0.25) is 0 Å². The first-order valence-electron chi connectivity index (χ1n) is 8.76. The average molecular weight is 341 g/mol. The molecule has 1 unspecified atom stereocenters. The lowest BCUT2D eigenvalue weighted by Crippen LogP contribution is -2.41. The highest BCUT2D eigenvalue weighted by Gasteiger charge is 2.27. The van der Waals surface area contributed by atoms with Crippen LogP contribution in [-0.2, 0) is 4.74 Å². The van der Waals surface area contributed by atoms with Gasteiger partial charge in [-0.1, -0.05) is 6.08 Å². The third kappa shape index (κ3) is 3.81. The molecule has 1 aromatic heterocycles. The van der Waals surface area contributed by atoms with Gasteiger partial charge in [-0.25, -0.2) is 4.79 Å². The number of carbonyl (C=O) groups excluding carboxylic acids is 1. The molecule has 0 radical (unpaired) electrons. The summed E-state index contributed by atoms with van der Waals surface area (Å²) in [6, 6.07) is 6.11. The van der Waals surface area contributed by atoms with Gasteiger partial charge in [-0.2, -0.15) is 0 Å². The number of nitrogens with zero attached hydrogens (tertiary/aromatic N) is 1. The number of benzene rings is 1. The van der Waals surface area contributed by atoms with Crippen LogP contribution in [-0.4, -0.2) is 34.7 Å². The summed E-state index contributed by atoms with van der Waals surface area (Å²) >= 11 is 0. The number of H-pyrrole nitrogens is 1. The lowest BCUT2D eigenvalue weighted by atomic mass is 9.90. The monoisotopic (exact) mass is 341 g/mol. The molecule has 0 saturated carbocycles. The predicted molar refractivity (Wildman–Crippen MR) is 102 cm³/mol. The number of amides is 1. The van der Waals surface area contributed by atoms with E-state index >= 15 is 0 Å². The smallest absolute Gasteiger partial charge is 0.410 e. The Morgan fingerprint density at radius 2 is 2.12 bits per heavy atom. The van der Waals surface area contributed by atoms with Crippen molar-refractivity contribution in [2.75, 3.05) is 12.8 Å². The summed E-state index contributed by atoms with van der Waals surface area (Å²) < 4.78 is 5.47. The first-order valence-corrected chi connectivity index (χ1v) is 8.76. The number of aromatic nitrogens is 1. The third-order valence-corrected chi connectivity index (χ3v) is 4.66. The Hall–Kier alpha value is -2.43. The van der Waals surface area contributed by atoms with Gasteiger partial charge in [0, 0.05) is 41.4 Å². The molecule has 0 fully saturated rings. The number of anilines is 1. The molecule has 3 N–H and O–H groups in total. The van der Waals surface area contributed by atoms with Crippen molar-refractivity contribution in [1.29, 1.82) is 0 Å². The van der Waals surface area contributed by atoms with E-state index in [0.717, 1.165) is 35.9 Å². The zero-order valence-corrected chi connectivity index (χ0v) is 15.4. The van der Waals surface area contributed by atoms with Gasteiger partial charge in [-0.3, -0.25) is 0 Å². The molecular weight excluding hydrogens is 314 g/mol. The Morgan fingerprint density at radius 3 is 2.76 bits per heavy atom. The predicted octanol–water partition coefficient (Wildman–Crippen LogP) is 4.55. The third-order valence-electron chi connectivity index (χ3n) is 4.66. The minimum atomic E-state index is -0.467. The van der Waals surface area contributed by atoms with Crippen molar-refractivity contribution in [2.45, 2.75) is 51.7 Å². The molecule has 0 aliphatic heterocycles. The molecule has 134 valence electrons. The Labute approximate surface area is 148 Å². The number of rotatable bonds is 2. The number of nitrogen functional groups attached to an aromatic ring is 1. The van der Waals surface area contributed by atoms with E-state index in [-0.39, 0.29) is 12.1 Å². The molecule has 0 saturated heterocycles. The first-order chi connectivity index (χ1) is 11.7. The highest BCUT2D eigenvalue weighted by Crippen LogP contribution is 2.34. The van der Waals surface area contributed by atoms with Gasteiger partial charge in [-0.05, 0) is 63.8 Å². The Kier molecular flexibility index (Phi) is 4.50. The van der Waals surface area contributed by atoms with Crippen molar-refractivity contribution in [2.24, 2.45) is 0 Å². The molecule has 0 spiro atoms. The van der Waals surface area contributed by atoms with Crippen LogP contribution in [0.5, 0.6) is 0 Å². The van der Waals surface area contributed by atoms with Crippen molar-refractivity contribution in [3.05, 3.63) is 36.0 Å². The highest BCUT2D eigenvalue weighted by atomic mass is 16.6. The Bertz CT molecular complexity index is 814. The second-order valence-corrected chi connectivity index (χ2v) is 7.76. The topological polar surface area (TPSA) is 71.3 Å². The van der Waals surface area contributed by atoms with E-state index in [1.165, 1.54) is 11.1 Å². The van der Waals surface area contributed by atoms with E-state index in [4.69, 9.17) is 10.5 Å². The van der Waals surface area contributed by atoms with Gasteiger partial charge in [0.1, 0.15) is 5.60 Å². The first kappa shape index (κ1) is 17.4. The lowest BCUT2D eigenvalue weighted by molar-refractivity contribution is 0.0215. The van der Waals surface area contributed by atoms with Crippen LogP contribution in [0.3, 0.4) is 0 Å². The molecule has 1 atom stereocenters. The number of hydrogen-bond acceptors (Lipinski definition) is 3. The molecule has 1 aliphatic rings. The second-order valence-electron chi connectivity index (χ2n) is 7.76. The minimum Gasteiger partial charge on any atom is -0.444 e. The summed E-state index contributed by atoms with van der Waals surface area (Å²) in [5.41, 5.74) is 9.85. The second kappa shape index (κ2) is 6.47. The molecule has 1 amide bonds. The number of carbonyl (C=O) groups is 1. The van der Waals surface area contributed by atoms with Gasteiger partial charge < -0.3 is 20.4 Å². The van der Waals surface area contributed by atoms with Gasteiger partial charge in [-0.15, -0.1) is 0 Å². The summed E-state index contributed by atoms with van der Waals surface area (Å²) in [5.74, 6) is 0. The maximum absolute atomic E-state index is 12.2. The lowest BCUT2D eigenvalue weighted by Gasteiger charge is -2.32. The summed E-state index contributed by atoms with van der Waals surface area (Å²) in [6.45, 7) is 5.67. The SMILES string of the molecule is CN(C(=O)OC(C)(C)C)C1CC=C(c2c[nH]c3ccc(N)cc23)CC1. The molecular formula is C20H27N3O2. The Balaban J connectivity index is 1.74. The Morgan fingerprint density at radius 1 is 1.36 bits per heavy atom. The normalized spacial score (nSPS) is 18.1. The van der Waals surface area contributed by atoms with E-state index in [1.54, 1.807) is 4.90 Å². The summed E-state index contributed by atoms with van der Waals surface area (Å²) in [6.07, 6.45) is 6.72. The molecule has 5 nitrogen and oxygen atoms in total. The van der Waals surface area contributed by atoms with Crippen LogP contribution in [0, 0.1) is 0 Å². The fourth-order valence-corrected chi connectivity index (χ4v) is 3.30. The summed E-state index contributed by atoms with van der Waals surface area (Å²) in [4.78, 5) is 17.3. The molecule has 0 bridgehead atoms. The van der Waals surface area contributed by atoms with E-state index in [1.807, 2.05) is 52.2 Å². The maximum atomic E-state index is 12.2. The van der Waals surface area contributed by atoms with Crippen LogP contribution in [0.15, 0.2) is 30.5 Å². The van der Waals surface area contributed by atoms with Crippen LogP contribution >= 0.6 is 0 Å². The molecule has 1 aliphatic carbocycles. The van der Waals surface area contributed by atoms with Gasteiger partial charge in [0.15, 0.2) is 0 Å². The number of nitrogens with two attached hydrogens (primary N) is 1. The maximum Gasteiger partial charge on any atom is 0.410 e. The molecule has 1 aromatic carbocycles. The number of allylic oxidation sites excluding steroid dienone is 1. The van der Waals surface area contributed by atoms with Crippen molar-refractivity contribution in [3.63, 3.8) is 0 Å². The molecule has 5 heteroatoms. The fourth-order valence-electron chi connectivity index (χ4n) is 3.30. The highest BCUT2D eigenvalue weighted by molar-refractivity contribution is 5.94. The number of aromatic amines is 1. The quantitative estimate of drug-likeness (QED) is 0.787. The van der Waals surface area contributed by atoms with Gasteiger partial charge >= 0.3 is 6.09 Å². The number of fused-ring (bicyclic) bond motifs is 1. The molecule has 3 rings (SSSR count). The van der Waals surface area contributed by atoms with Crippen LogP contribution < -0.4 is 5.73 Å². The van der Waals surface area contributed by atoms with Crippen LogP contribution in [0.4, 0.5) is 10.5 Å². The van der Waals surface area contributed by atoms with Crippen molar-refractivity contribution < 1.29 is 9.53 Å². The zero-order chi connectivity index (χ0) is 18.2. The van der Waals surface area contributed by atoms with Crippen molar-refractivity contribution >= 4 is 28.3 Å². The van der Waals surface area contributed by atoms with Crippen LogP contribution in [0.2, 0.25) is 0 Å². The largest absolute Gasteiger partial charge is 0.444 e. The average Bonchev–Trinajstić information content (AvgIpc) is 2.95. The van der Waals surface area contributed by atoms with Crippen LogP contribution in [0.1, 0.15) is 45.6 Å². The zero-order valence-electron chi connectivity index (χ0n) is 15.4. The van der Waals surface area contributed by atoms with Crippen molar-refractivity contribution in [3.8, 4) is 0 Å². The van der Waals surface area contributed by atoms with E-state index in [9.17, 15) is 4.79 Å². The van der Waals surface area contributed by atoms with Crippen molar-refractivity contribution in [1.82, 2.24) is 9.88 Å². The standard InChI is InChI=1S/C20H27N3O2/c1-20(2,3)25-19(24)23(4)15-8-5-13(6-9-15)17-12-22-18-10-7-14(21)11-16(17)18/h5,7,10-12,15,22H,6,8-9,21H2,1-4H3. The van der Waals surface area contributed by atoms with E-state index in [2.05, 4.69) is 11.1 Å².